The van der Waals surface area contributed by atoms with Gasteiger partial charge in [0.15, 0.2) is 0 Å². The van der Waals surface area contributed by atoms with Crippen LogP contribution in [0.1, 0.15) is 27.2 Å². The minimum absolute atomic E-state index is 0.783. The zero-order valence-corrected chi connectivity index (χ0v) is 12.2. The molecule has 3 heteroatoms. The van der Waals surface area contributed by atoms with Crippen molar-refractivity contribution < 1.29 is 0 Å². The minimum Gasteiger partial charge on any atom is -0.314 e. The van der Waals surface area contributed by atoms with E-state index in [-0.39, 0.29) is 0 Å². The molecule has 0 aromatic heterocycles. The van der Waals surface area contributed by atoms with Crippen molar-refractivity contribution in [1.29, 1.82) is 0 Å². The van der Waals surface area contributed by atoms with E-state index in [0.29, 0.717) is 0 Å². The SMILES string of the molecule is CC(C)CCN(C)CC(C)CN1CCNCC1. The normalized spacial score (nSPS) is 20.1. The molecule has 3 nitrogen and oxygen atoms in total. The van der Waals surface area contributed by atoms with Crippen molar-refractivity contribution in [2.45, 2.75) is 27.2 Å². The third-order valence-corrected chi connectivity index (χ3v) is 3.49. The molecule has 0 radical (unpaired) electrons. The van der Waals surface area contributed by atoms with E-state index in [1.165, 1.54) is 39.1 Å². The van der Waals surface area contributed by atoms with Gasteiger partial charge in [-0.05, 0) is 31.8 Å². The molecule has 1 fully saturated rings. The average Bonchev–Trinajstić information content (AvgIpc) is 2.27. The van der Waals surface area contributed by atoms with Crippen molar-refractivity contribution in [1.82, 2.24) is 15.1 Å². The fourth-order valence-electron chi connectivity index (χ4n) is 2.49. The fraction of sp³-hybridized carbons (Fsp3) is 1.00. The van der Waals surface area contributed by atoms with E-state index >= 15 is 0 Å². The molecule has 1 heterocycles. The van der Waals surface area contributed by atoms with Gasteiger partial charge in [0.05, 0.1) is 0 Å². The maximum Gasteiger partial charge on any atom is 0.0107 e. The largest absolute Gasteiger partial charge is 0.314 e. The lowest BCUT2D eigenvalue weighted by Gasteiger charge is -2.31. The van der Waals surface area contributed by atoms with E-state index < -0.39 is 0 Å². The molecule has 0 amide bonds. The number of rotatable bonds is 7. The number of nitrogens with one attached hydrogen (secondary N) is 1. The van der Waals surface area contributed by atoms with Gasteiger partial charge in [-0.2, -0.15) is 0 Å². The molecule has 1 N–H and O–H groups in total. The van der Waals surface area contributed by atoms with Crippen LogP contribution >= 0.6 is 0 Å². The second-order valence-electron chi connectivity index (χ2n) is 6.10. The summed E-state index contributed by atoms with van der Waals surface area (Å²) in [5, 5.41) is 3.41. The Morgan fingerprint density at radius 2 is 1.82 bits per heavy atom. The summed E-state index contributed by atoms with van der Waals surface area (Å²) in [7, 11) is 2.26. The second kappa shape index (κ2) is 8.06. The third-order valence-electron chi connectivity index (χ3n) is 3.49. The van der Waals surface area contributed by atoms with E-state index in [1.807, 2.05) is 0 Å². The van der Waals surface area contributed by atoms with Gasteiger partial charge in [-0.1, -0.05) is 20.8 Å². The maximum atomic E-state index is 3.41. The molecule has 1 aliphatic heterocycles. The van der Waals surface area contributed by atoms with Crippen LogP contribution in [-0.2, 0) is 0 Å². The molecule has 17 heavy (non-hydrogen) atoms. The highest BCUT2D eigenvalue weighted by atomic mass is 15.2. The van der Waals surface area contributed by atoms with Crippen molar-refractivity contribution >= 4 is 0 Å². The summed E-state index contributed by atoms with van der Waals surface area (Å²) in [5.74, 6) is 1.60. The predicted octanol–water partition coefficient (Wildman–Crippen LogP) is 1.51. The van der Waals surface area contributed by atoms with Crippen LogP contribution in [0.25, 0.3) is 0 Å². The molecule has 0 saturated carbocycles. The summed E-state index contributed by atoms with van der Waals surface area (Å²) in [6.45, 7) is 15.5. The predicted molar refractivity (Wildman–Crippen MR) is 75.4 cm³/mol. The zero-order chi connectivity index (χ0) is 12.7. The average molecular weight is 241 g/mol. The quantitative estimate of drug-likeness (QED) is 0.729. The lowest BCUT2D eigenvalue weighted by atomic mass is 10.1. The Balaban J connectivity index is 2.12. The van der Waals surface area contributed by atoms with Gasteiger partial charge in [0.25, 0.3) is 0 Å². The van der Waals surface area contributed by atoms with Crippen molar-refractivity contribution in [2.75, 3.05) is 52.9 Å². The minimum atomic E-state index is 0.783. The number of hydrogen-bond acceptors (Lipinski definition) is 3. The van der Waals surface area contributed by atoms with Gasteiger partial charge in [0, 0.05) is 39.3 Å². The summed E-state index contributed by atoms with van der Waals surface area (Å²) in [4.78, 5) is 5.09. The Hall–Kier alpha value is -0.120. The van der Waals surface area contributed by atoms with E-state index in [2.05, 4.69) is 42.9 Å². The Morgan fingerprint density at radius 1 is 1.18 bits per heavy atom. The van der Waals surface area contributed by atoms with Crippen LogP contribution in [0.2, 0.25) is 0 Å². The van der Waals surface area contributed by atoms with E-state index in [4.69, 9.17) is 0 Å². The Kier molecular flexibility index (Phi) is 7.09. The van der Waals surface area contributed by atoms with Crippen LogP contribution in [0, 0.1) is 11.8 Å². The van der Waals surface area contributed by atoms with Crippen LogP contribution in [0.15, 0.2) is 0 Å². The van der Waals surface area contributed by atoms with Gasteiger partial charge < -0.3 is 15.1 Å². The standard InChI is InChI=1S/C14H31N3/c1-13(2)5-8-16(4)11-14(3)12-17-9-6-15-7-10-17/h13-15H,5-12H2,1-4H3. The van der Waals surface area contributed by atoms with Crippen molar-refractivity contribution in [3.63, 3.8) is 0 Å². The topological polar surface area (TPSA) is 18.5 Å². The van der Waals surface area contributed by atoms with E-state index in [0.717, 1.165) is 24.9 Å². The molecule has 0 bridgehead atoms. The van der Waals surface area contributed by atoms with Gasteiger partial charge in [-0.3, -0.25) is 0 Å². The highest BCUT2D eigenvalue weighted by molar-refractivity contribution is 4.71. The Morgan fingerprint density at radius 3 is 2.41 bits per heavy atom. The zero-order valence-electron chi connectivity index (χ0n) is 12.2. The monoisotopic (exact) mass is 241 g/mol. The molecule has 0 aromatic carbocycles. The molecule has 1 saturated heterocycles. The molecule has 1 unspecified atom stereocenters. The smallest absolute Gasteiger partial charge is 0.0107 e. The summed E-state index contributed by atoms with van der Waals surface area (Å²) in [5.41, 5.74) is 0. The van der Waals surface area contributed by atoms with Gasteiger partial charge in [0.1, 0.15) is 0 Å². The maximum absolute atomic E-state index is 3.41. The Labute approximate surface area is 108 Å². The van der Waals surface area contributed by atoms with Gasteiger partial charge in [-0.25, -0.2) is 0 Å². The summed E-state index contributed by atoms with van der Waals surface area (Å²) < 4.78 is 0. The Bertz CT molecular complexity index is 188. The summed E-state index contributed by atoms with van der Waals surface area (Å²) in [6, 6.07) is 0. The van der Waals surface area contributed by atoms with Gasteiger partial charge >= 0.3 is 0 Å². The first-order valence-corrected chi connectivity index (χ1v) is 7.19. The van der Waals surface area contributed by atoms with Crippen LogP contribution < -0.4 is 5.32 Å². The highest BCUT2D eigenvalue weighted by Crippen LogP contribution is 2.06. The second-order valence-corrected chi connectivity index (χ2v) is 6.10. The molecular weight excluding hydrogens is 210 g/mol. The molecule has 102 valence electrons. The van der Waals surface area contributed by atoms with E-state index in [9.17, 15) is 0 Å². The van der Waals surface area contributed by atoms with Crippen molar-refractivity contribution in [3.05, 3.63) is 0 Å². The summed E-state index contributed by atoms with van der Waals surface area (Å²) in [6.07, 6.45) is 1.32. The molecule has 1 atom stereocenters. The first kappa shape index (κ1) is 14.9. The van der Waals surface area contributed by atoms with Crippen molar-refractivity contribution in [3.8, 4) is 0 Å². The van der Waals surface area contributed by atoms with Gasteiger partial charge in [0.2, 0.25) is 0 Å². The first-order chi connectivity index (χ1) is 8.08. The van der Waals surface area contributed by atoms with Crippen LogP contribution in [0.4, 0.5) is 0 Å². The lowest BCUT2D eigenvalue weighted by molar-refractivity contribution is 0.181. The lowest BCUT2D eigenvalue weighted by Crippen LogP contribution is -2.46. The number of piperazine rings is 1. The highest BCUT2D eigenvalue weighted by Gasteiger charge is 2.14. The van der Waals surface area contributed by atoms with Crippen molar-refractivity contribution in [2.24, 2.45) is 11.8 Å². The third kappa shape index (κ3) is 7.02. The van der Waals surface area contributed by atoms with Crippen LogP contribution in [-0.4, -0.2) is 62.7 Å². The van der Waals surface area contributed by atoms with E-state index in [1.54, 1.807) is 0 Å². The van der Waals surface area contributed by atoms with Crippen LogP contribution in [0.3, 0.4) is 0 Å². The fourth-order valence-corrected chi connectivity index (χ4v) is 2.49. The van der Waals surface area contributed by atoms with Gasteiger partial charge in [-0.15, -0.1) is 0 Å². The number of nitrogens with zero attached hydrogens (tertiary/aromatic N) is 2. The molecule has 0 aliphatic carbocycles. The number of hydrogen-bond donors (Lipinski definition) is 1. The molecule has 1 aliphatic rings. The van der Waals surface area contributed by atoms with Crippen LogP contribution in [0.5, 0.6) is 0 Å². The molecule has 0 aromatic rings. The molecule has 0 spiro atoms. The summed E-state index contributed by atoms with van der Waals surface area (Å²) >= 11 is 0. The molecular formula is C14H31N3. The molecule has 1 rings (SSSR count). The first-order valence-electron chi connectivity index (χ1n) is 7.19.